The van der Waals surface area contributed by atoms with Crippen molar-refractivity contribution in [3.63, 3.8) is 0 Å². The summed E-state index contributed by atoms with van der Waals surface area (Å²) in [5, 5.41) is 0.439. The Kier molecular flexibility index (Phi) is 8.76. The molecule has 0 saturated carbocycles. The molecule has 3 aromatic rings. The number of furan rings is 1. The van der Waals surface area contributed by atoms with Gasteiger partial charge in [0.25, 0.3) is 11.8 Å². The third-order valence-electron chi connectivity index (χ3n) is 8.30. The van der Waals surface area contributed by atoms with E-state index in [1.165, 1.54) is 36.5 Å². The zero-order valence-electron chi connectivity index (χ0n) is 26.1. The Bertz CT molecular complexity index is 1750. The van der Waals surface area contributed by atoms with Crippen LogP contribution in [0.4, 0.5) is 14.4 Å². The van der Waals surface area contributed by atoms with Crippen molar-refractivity contribution in [2.75, 3.05) is 60.0 Å². The summed E-state index contributed by atoms with van der Waals surface area (Å²) in [5.41, 5.74) is -1.14. The van der Waals surface area contributed by atoms with E-state index in [0.29, 0.717) is 45.3 Å². The van der Waals surface area contributed by atoms with Crippen LogP contribution in [0.2, 0.25) is 0 Å². The molecule has 0 aliphatic carbocycles. The Morgan fingerprint density at radius 3 is 2.35 bits per heavy atom. The number of hydrogen-bond donors (Lipinski definition) is 0. The van der Waals surface area contributed by atoms with E-state index in [-0.39, 0.29) is 37.7 Å². The lowest BCUT2D eigenvalue weighted by atomic mass is 9.93. The minimum absolute atomic E-state index is 0.0178. The van der Waals surface area contributed by atoms with Gasteiger partial charge in [0.2, 0.25) is 5.54 Å². The minimum atomic E-state index is -2.34. The molecule has 0 bridgehead atoms. The van der Waals surface area contributed by atoms with Gasteiger partial charge in [0.15, 0.2) is 19.3 Å². The summed E-state index contributed by atoms with van der Waals surface area (Å²) in [6.07, 6.45) is -1.29. The Hall–Kier alpha value is -5.30. The summed E-state index contributed by atoms with van der Waals surface area (Å²) in [6.45, 7) is -1.05. The standard InChI is InChI=1S/C31H30N4O14/c1-41-20-3-2-18-13-33(26(36)21(18)11-20)16-31(23-10-19-12-32-5-4-22(19)49-23)27(37)34(17-48-30(40)47-15-25-44-8-9-45-25)28(38)35(31)29(39)46-14-24-42-6-7-43-24/h2-5,10-12,24-25H,6-9,13-17H2,1H3/t31-/m0/s1. The van der Waals surface area contributed by atoms with Gasteiger partial charge in [-0.15, -0.1) is 0 Å². The van der Waals surface area contributed by atoms with E-state index in [9.17, 15) is 24.0 Å². The summed E-state index contributed by atoms with van der Waals surface area (Å²) in [7, 11) is 1.46. The lowest BCUT2D eigenvalue weighted by Crippen LogP contribution is -2.56. The Morgan fingerprint density at radius 1 is 0.939 bits per heavy atom. The molecule has 3 saturated heterocycles. The Morgan fingerprint density at radius 2 is 1.65 bits per heavy atom. The first-order valence-electron chi connectivity index (χ1n) is 15.2. The fourth-order valence-corrected chi connectivity index (χ4v) is 5.93. The molecule has 18 nitrogen and oxygen atoms in total. The SMILES string of the molecule is COc1ccc2c(c1)C(=O)N(C[C@]1(c3cc4cnccc4o3)C(=O)N(COC(=O)OCC3OCCO3)C(=O)N1C(=O)OCC1OCCO1)C2. The van der Waals surface area contributed by atoms with Gasteiger partial charge in [-0.25, -0.2) is 24.2 Å². The molecule has 258 valence electrons. The second-order valence-corrected chi connectivity index (χ2v) is 11.2. The van der Waals surface area contributed by atoms with Crippen LogP contribution in [0.25, 0.3) is 11.0 Å². The number of rotatable bonds is 10. The zero-order valence-corrected chi connectivity index (χ0v) is 26.1. The highest BCUT2D eigenvalue weighted by atomic mass is 16.8. The largest absolute Gasteiger partial charge is 0.510 e. The van der Waals surface area contributed by atoms with Crippen molar-refractivity contribution < 1.29 is 66.3 Å². The summed E-state index contributed by atoms with van der Waals surface area (Å²) >= 11 is 0. The van der Waals surface area contributed by atoms with Crippen molar-refractivity contribution in [1.82, 2.24) is 19.7 Å². The van der Waals surface area contributed by atoms with Gasteiger partial charge < -0.3 is 47.2 Å². The smallest absolute Gasteiger partial charge is 0.497 e. The molecule has 1 aromatic carbocycles. The number of carbonyl (C=O) groups excluding carboxylic acids is 5. The van der Waals surface area contributed by atoms with Crippen LogP contribution in [0.15, 0.2) is 47.1 Å². The van der Waals surface area contributed by atoms with Crippen LogP contribution in [0.3, 0.4) is 0 Å². The normalized spacial score (nSPS) is 21.2. The maximum Gasteiger partial charge on any atom is 0.510 e. The molecule has 2 aromatic heterocycles. The number of imide groups is 2. The lowest BCUT2D eigenvalue weighted by molar-refractivity contribution is -0.138. The molecule has 5 amide bonds. The lowest BCUT2D eigenvalue weighted by Gasteiger charge is -2.34. The molecule has 3 fully saturated rings. The van der Waals surface area contributed by atoms with E-state index in [4.69, 9.17) is 42.3 Å². The van der Waals surface area contributed by atoms with Crippen molar-refractivity contribution in [2.24, 2.45) is 0 Å². The topological polar surface area (TPSA) is 195 Å². The van der Waals surface area contributed by atoms with E-state index in [0.717, 1.165) is 0 Å². The van der Waals surface area contributed by atoms with Crippen LogP contribution in [0, 0.1) is 0 Å². The summed E-state index contributed by atoms with van der Waals surface area (Å²) in [4.78, 5) is 75.4. The van der Waals surface area contributed by atoms with Gasteiger partial charge >= 0.3 is 18.3 Å². The van der Waals surface area contributed by atoms with Crippen molar-refractivity contribution in [3.8, 4) is 5.75 Å². The monoisotopic (exact) mass is 682 g/mol. The third kappa shape index (κ3) is 5.99. The van der Waals surface area contributed by atoms with Crippen LogP contribution in [-0.2, 0) is 50.0 Å². The van der Waals surface area contributed by atoms with Crippen LogP contribution in [0.5, 0.6) is 5.75 Å². The number of carbonyl (C=O) groups is 5. The van der Waals surface area contributed by atoms with Gasteiger partial charge in [-0.3, -0.25) is 14.6 Å². The summed E-state index contributed by atoms with van der Waals surface area (Å²) in [6, 6.07) is 6.69. The Balaban J connectivity index is 1.24. The number of pyridine rings is 1. The van der Waals surface area contributed by atoms with Crippen molar-refractivity contribution in [2.45, 2.75) is 24.7 Å². The molecule has 1 atom stereocenters. The first kappa shape index (κ1) is 32.3. The van der Waals surface area contributed by atoms with E-state index in [1.54, 1.807) is 18.2 Å². The molecule has 6 heterocycles. The number of aromatic nitrogens is 1. The molecule has 18 heteroatoms. The molecule has 0 N–H and O–H groups in total. The van der Waals surface area contributed by atoms with E-state index >= 15 is 0 Å². The first-order chi connectivity index (χ1) is 23.8. The number of ether oxygens (including phenoxy) is 8. The van der Waals surface area contributed by atoms with Crippen molar-refractivity contribution >= 4 is 41.1 Å². The summed E-state index contributed by atoms with van der Waals surface area (Å²) < 4.78 is 48.1. The number of benzene rings is 1. The van der Waals surface area contributed by atoms with Gasteiger partial charge in [-0.05, 0) is 29.8 Å². The number of methoxy groups -OCH3 is 1. The molecule has 7 rings (SSSR count). The maximum atomic E-state index is 14.6. The van der Waals surface area contributed by atoms with E-state index in [2.05, 4.69) is 4.98 Å². The average molecular weight is 683 g/mol. The van der Waals surface area contributed by atoms with Crippen LogP contribution in [-0.4, -0.2) is 122 Å². The van der Waals surface area contributed by atoms with Crippen molar-refractivity contribution in [1.29, 1.82) is 0 Å². The number of urea groups is 1. The number of hydrogen-bond acceptors (Lipinski definition) is 15. The maximum absolute atomic E-state index is 14.6. The fourth-order valence-electron chi connectivity index (χ4n) is 5.93. The van der Waals surface area contributed by atoms with Crippen LogP contribution >= 0.6 is 0 Å². The second kappa shape index (κ2) is 13.3. The quantitative estimate of drug-likeness (QED) is 0.222. The predicted molar refractivity (Wildman–Crippen MR) is 158 cm³/mol. The summed E-state index contributed by atoms with van der Waals surface area (Å²) in [5.74, 6) is -1.29. The van der Waals surface area contributed by atoms with Gasteiger partial charge in [0.1, 0.15) is 30.3 Å². The van der Waals surface area contributed by atoms with Crippen molar-refractivity contribution in [3.05, 3.63) is 59.6 Å². The first-order valence-corrected chi connectivity index (χ1v) is 15.2. The van der Waals surface area contributed by atoms with Gasteiger partial charge in [0.05, 0.1) is 40.1 Å². The number of amides is 5. The minimum Gasteiger partial charge on any atom is -0.497 e. The molecule has 0 unspecified atom stereocenters. The highest BCUT2D eigenvalue weighted by Crippen LogP contribution is 2.43. The van der Waals surface area contributed by atoms with Crippen LogP contribution < -0.4 is 4.74 Å². The van der Waals surface area contributed by atoms with E-state index < -0.39 is 68.1 Å². The predicted octanol–water partition coefficient (Wildman–Crippen LogP) is 1.94. The number of fused-ring (bicyclic) bond motifs is 2. The zero-order chi connectivity index (χ0) is 34.1. The molecule has 4 aliphatic rings. The van der Waals surface area contributed by atoms with Gasteiger partial charge in [-0.2, -0.15) is 0 Å². The fraction of sp³-hybridized carbons (Fsp3) is 0.419. The highest BCUT2D eigenvalue weighted by molar-refractivity contribution is 6.14. The molecule has 0 radical (unpaired) electrons. The second-order valence-electron chi connectivity index (χ2n) is 11.2. The third-order valence-corrected chi connectivity index (χ3v) is 8.30. The highest BCUT2D eigenvalue weighted by Gasteiger charge is 2.65. The van der Waals surface area contributed by atoms with Gasteiger partial charge in [-0.1, -0.05) is 6.07 Å². The number of nitrogens with zero attached hydrogens (tertiary/aromatic N) is 4. The molecular weight excluding hydrogens is 652 g/mol. The molecule has 4 aliphatic heterocycles. The van der Waals surface area contributed by atoms with E-state index in [1.807, 2.05) is 0 Å². The van der Waals surface area contributed by atoms with Gasteiger partial charge in [0, 0.05) is 29.9 Å². The molecule has 49 heavy (non-hydrogen) atoms. The van der Waals surface area contributed by atoms with Crippen LogP contribution in [0.1, 0.15) is 21.7 Å². The molecule has 0 spiro atoms. The Labute approximate surface area is 277 Å². The average Bonchev–Trinajstić information content (AvgIpc) is 3.95. The molecular formula is C31H30N4O14.